The fourth-order valence-electron chi connectivity index (χ4n) is 1.73. The average molecular weight is 233 g/mol. The van der Waals surface area contributed by atoms with E-state index < -0.39 is 0 Å². The van der Waals surface area contributed by atoms with Crippen LogP contribution in [0.1, 0.15) is 24.1 Å². The van der Waals surface area contributed by atoms with Gasteiger partial charge >= 0.3 is 0 Å². The summed E-state index contributed by atoms with van der Waals surface area (Å²) in [6.45, 7) is 6.17. The van der Waals surface area contributed by atoms with E-state index in [9.17, 15) is 0 Å². The highest BCUT2D eigenvalue weighted by molar-refractivity contribution is 7.80. The molecule has 84 valence electrons. The topological polar surface area (TPSA) is 43.8 Å². The van der Waals surface area contributed by atoms with Crippen molar-refractivity contribution < 1.29 is 0 Å². The van der Waals surface area contributed by atoms with Crippen LogP contribution in [-0.2, 0) is 0 Å². The second-order valence-corrected chi connectivity index (χ2v) is 4.63. The van der Waals surface area contributed by atoms with E-state index in [2.05, 4.69) is 31.0 Å². The van der Waals surface area contributed by atoms with Gasteiger partial charge in [0, 0.05) is 0 Å². The smallest absolute Gasteiger partial charge is 0.0964 e. The summed E-state index contributed by atoms with van der Waals surface area (Å²) in [6, 6.07) is 4.22. The number of thiocarbonyl (C=S) groups is 1. The Morgan fingerprint density at radius 1 is 1.38 bits per heavy atom. The van der Waals surface area contributed by atoms with Gasteiger partial charge in [-0.1, -0.05) is 12.2 Å². The van der Waals surface area contributed by atoms with Crippen molar-refractivity contribution in [1.82, 2.24) is 9.55 Å². The summed E-state index contributed by atoms with van der Waals surface area (Å²) >= 11 is 5.02. The number of fused-ring (bicyclic) bond motifs is 1. The van der Waals surface area contributed by atoms with Crippen LogP contribution in [0.4, 0.5) is 0 Å². The molecule has 0 aliphatic carbocycles. The Bertz CT molecular complexity index is 557. The fourth-order valence-corrected chi connectivity index (χ4v) is 1.84. The Balaban J connectivity index is 2.65. The highest BCUT2D eigenvalue weighted by Gasteiger charge is 2.12. The lowest BCUT2D eigenvalue weighted by molar-refractivity contribution is 0.719. The number of imidazole rings is 1. The lowest BCUT2D eigenvalue weighted by atomic mass is 10.1. The molecule has 2 rings (SSSR count). The van der Waals surface area contributed by atoms with Gasteiger partial charge in [0.1, 0.15) is 0 Å². The Kier molecular flexibility index (Phi) is 2.68. The van der Waals surface area contributed by atoms with Gasteiger partial charge in [0.25, 0.3) is 0 Å². The van der Waals surface area contributed by atoms with Crippen LogP contribution in [0.2, 0.25) is 0 Å². The predicted molar refractivity (Wildman–Crippen MR) is 70.7 cm³/mol. The van der Waals surface area contributed by atoms with Crippen molar-refractivity contribution in [1.29, 1.82) is 0 Å². The SMILES string of the molecule is Cc1cc2ncn([C@@H](C)C(N)=S)c2cc1C. The minimum atomic E-state index is 0.00195. The average Bonchev–Trinajstić information content (AvgIpc) is 2.60. The van der Waals surface area contributed by atoms with Crippen LogP contribution in [0.25, 0.3) is 11.0 Å². The van der Waals surface area contributed by atoms with E-state index in [1.807, 2.05) is 11.5 Å². The number of aromatic nitrogens is 2. The van der Waals surface area contributed by atoms with Crippen LogP contribution < -0.4 is 5.73 Å². The molecule has 1 aromatic heterocycles. The molecule has 0 radical (unpaired) electrons. The van der Waals surface area contributed by atoms with Gasteiger partial charge in [-0.15, -0.1) is 0 Å². The van der Waals surface area contributed by atoms with Crippen LogP contribution in [0.15, 0.2) is 18.5 Å². The van der Waals surface area contributed by atoms with E-state index >= 15 is 0 Å². The minimum Gasteiger partial charge on any atom is -0.392 e. The van der Waals surface area contributed by atoms with Crippen LogP contribution >= 0.6 is 12.2 Å². The van der Waals surface area contributed by atoms with E-state index in [1.54, 1.807) is 6.33 Å². The van der Waals surface area contributed by atoms with Gasteiger partial charge in [-0.05, 0) is 44.0 Å². The molecule has 0 spiro atoms. The monoisotopic (exact) mass is 233 g/mol. The molecule has 0 unspecified atom stereocenters. The Hall–Kier alpha value is -1.42. The first-order chi connectivity index (χ1) is 7.50. The summed E-state index contributed by atoms with van der Waals surface area (Å²) in [5.74, 6) is 0. The summed E-state index contributed by atoms with van der Waals surface area (Å²) in [4.78, 5) is 4.86. The molecule has 0 aliphatic heterocycles. The summed E-state index contributed by atoms with van der Waals surface area (Å²) in [5, 5.41) is 0. The van der Waals surface area contributed by atoms with Gasteiger partial charge in [-0.2, -0.15) is 0 Å². The molecule has 1 aromatic carbocycles. The van der Waals surface area contributed by atoms with E-state index in [-0.39, 0.29) is 6.04 Å². The van der Waals surface area contributed by atoms with Gasteiger partial charge in [-0.3, -0.25) is 0 Å². The molecule has 4 heteroatoms. The molecule has 0 bridgehead atoms. The lowest BCUT2D eigenvalue weighted by Crippen LogP contribution is -2.21. The van der Waals surface area contributed by atoms with E-state index in [4.69, 9.17) is 18.0 Å². The van der Waals surface area contributed by atoms with E-state index in [0.29, 0.717) is 4.99 Å². The molecule has 0 fully saturated rings. The summed E-state index contributed by atoms with van der Waals surface area (Å²) in [5.41, 5.74) is 10.3. The molecule has 0 saturated heterocycles. The molecule has 0 amide bonds. The molecule has 0 aliphatic rings. The predicted octanol–water partition coefficient (Wildman–Crippen LogP) is 2.50. The summed E-state index contributed by atoms with van der Waals surface area (Å²) in [7, 11) is 0. The fraction of sp³-hybridized carbons (Fsp3) is 0.333. The number of hydrogen-bond donors (Lipinski definition) is 1. The Labute approximate surface area is 100 Å². The van der Waals surface area contributed by atoms with E-state index in [0.717, 1.165) is 11.0 Å². The quantitative estimate of drug-likeness (QED) is 0.810. The maximum absolute atomic E-state index is 5.67. The van der Waals surface area contributed by atoms with Crippen molar-refractivity contribution in [2.75, 3.05) is 0 Å². The zero-order chi connectivity index (χ0) is 11.9. The Morgan fingerprint density at radius 3 is 2.62 bits per heavy atom. The molecular formula is C12H15N3S. The summed E-state index contributed by atoms with van der Waals surface area (Å²) in [6.07, 6.45) is 1.80. The largest absolute Gasteiger partial charge is 0.392 e. The first kappa shape index (κ1) is 11.1. The lowest BCUT2D eigenvalue weighted by Gasteiger charge is -2.12. The van der Waals surface area contributed by atoms with Gasteiger partial charge < -0.3 is 10.3 Å². The number of hydrogen-bond acceptors (Lipinski definition) is 2. The van der Waals surface area contributed by atoms with Gasteiger partial charge in [-0.25, -0.2) is 4.98 Å². The molecular weight excluding hydrogens is 218 g/mol. The van der Waals surface area contributed by atoms with Crippen LogP contribution in [0.5, 0.6) is 0 Å². The molecule has 16 heavy (non-hydrogen) atoms. The third kappa shape index (κ3) is 1.69. The van der Waals surface area contributed by atoms with Gasteiger partial charge in [0.2, 0.25) is 0 Å². The van der Waals surface area contributed by atoms with Crippen molar-refractivity contribution in [2.24, 2.45) is 5.73 Å². The van der Waals surface area contributed by atoms with Crippen molar-refractivity contribution in [3.63, 3.8) is 0 Å². The first-order valence-corrected chi connectivity index (χ1v) is 5.64. The second kappa shape index (κ2) is 3.87. The van der Waals surface area contributed by atoms with Crippen molar-refractivity contribution in [3.8, 4) is 0 Å². The maximum Gasteiger partial charge on any atom is 0.0964 e. The van der Waals surface area contributed by atoms with Gasteiger partial charge in [0.05, 0.1) is 28.4 Å². The number of nitrogens with zero attached hydrogens (tertiary/aromatic N) is 2. The standard InChI is InChI=1S/C12H15N3S/c1-7-4-10-11(5-8(7)2)15(6-14-10)9(3)12(13)16/h4-6,9H,1-3H3,(H2,13,16)/t9-/m0/s1. The van der Waals surface area contributed by atoms with Crippen LogP contribution in [-0.4, -0.2) is 14.5 Å². The maximum atomic E-state index is 5.67. The molecule has 2 aromatic rings. The third-order valence-corrected chi connectivity index (χ3v) is 3.36. The molecule has 1 atom stereocenters. The van der Waals surface area contributed by atoms with Crippen molar-refractivity contribution >= 4 is 28.2 Å². The highest BCUT2D eigenvalue weighted by Crippen LogP contribution is 2.21. The van der Waals surface area contributed by atoms with Crippen molar-refractivity contribution in [3.05, 3.63) is 29.6 Å². The Morgan fingerprint density at radius 2 is 2.00 bits per heavy atom. The number of rotatable bonds is 2. The van der Waals surface area contributed by atoms with Crippen LogP contribution in [0.3, 0.4) is 0 Å². The van der Waals surface area contributed by atoms with Crippen LogP contribution in [0, 0.1) is 13.8 Å². The second-order valence-electron chi connectivity index (χ2n) is 4.16. The number of nitrogens with two attached hydrogens (primary N) is 1. The highest BCUT2D eigenvalue weighted by atomic mass is 32.1. The zero-order valence-electron chi connectivity index (χ0n) is 9.69. The molecule has 1 heterocycles. The zero-order valence-corrected chi connectivity index (χ0v) is 10.5. The van der Waals surface area contributed by atoms with Crippen molar-refractivity contribution in [2.45, 2.75) is 26.8 Å². The molecule has 0 saturated carbocycles. The normalized spacial score (nSPS) is 12.9. The third-order valence-electron chi connectivity index (χ3n) is 3.02. The minimum absolute atomic E-state index is 0.00195. The molecule has 3 nitrogen and oxygen atoms in total. The molecule has 2 N–H and O–H groups in total. The number of aryl methyl sites for hydroxylation is 2. The number of benzene rings is 1. The first-order valence-electron chi connectivity index (χ1n) is 5.24. The summed E-state index contributed by atoms with van der Waals surface area (Å²) < 4.78 is 2.02. The van der Waals surface area contributed by atoms with Gasteiger partial charge in [0.15, 0.2) is 0 Å². The van der Waals surface area contributed by atoms with E-state index in [1.165, 1.54) is 11.1 Å².